The lowest BCUT2D eigenvalue weighted by molar-refractivity contribution is -0.128. The number of benzene rings is 1. The molecule has 0 aliphatic carbocycles. The molecule has 9 heteroatoms. The maximum Gasteiger partial charge on any atom is 0.289 e. The van der Waals surface area contributed by atoms with Crippen molar-refractivity contribution in [3.8, 4) is 0 Å². The summed E-state index contributed by atoms with van der Waals surface area (Å²) >= 11 is 4.42. The first-order valence-electron chi connectivity index (χ1n) is 7.36. The van der Waals surface area contributed by atoms with Crippen LogP contribution in [0.15, 0.2) is 22.7 Å². The number of carbonyl (C=O) groups is 3. The van der Waals surface area contributed by atoms with Gasteiger partial charge >= 0.3 is 0 Å². The lowest BCUT2D eigenvalue weighted by Crippen LogP contribution is -2.62. The van der Waals surface area contributed by atoms with Gasteiger partial charge in [0.15, 0.2) is 0 Å². The summed E-state index contributed by atoms with van der Waals surface area (Å²) in [5.41, 5.74) is 1.26. The largest absolute Gasteiger partial charge is 0.333 e. The van der Waals surface area contributed by atoms with Gasteiger partial charge in [-0.15, -0.1) is 0 Å². The molecule has 2 fully saturated rings. The molecular weight excluding hydrogens is 396 g/mol. The van der Waals surface area contributed by atoms with E-state index in [4.69, 9.17) is 0 Å². The molecule has 124 valence electrons. The second kappa shape index (κ2) is 5.59. The predicted octanol–water partition coefficient (Wildman–Crippen LogP) is 1.86. The molecule has 24 heavy (non-hydrogen) atoms. The van der Waals surface area contributed by atoms with Gasteiger partial charge in [-0.2, -0.15) is 5.10 Å². The summed E-state index contributed by atoms with van der Waals surface area (Å²) in [6.45, 7) is 0.750. The molecule has 2 aromatic rings. The molecule has 3 heterocycles. The summed E-state index contributed by atoms with van der Waals surface area (Å²) < 4.78 is 2.48. The summed E-state index contributed by atoms with van der Waals surface area (Å²) in [7, 11) is 1.74. The van der Waals surface area contributed by atoms with E-state index in [0.717, 1.165) is 27.1 Å². The molecule has 0 bridgehead atoms. The Morgan fingerprint density at radius 3 is 2.75 bits per heavy atom. The minimum atomic E-state index is -0.215. The number of fused-ring (bicyclic) bond motifs is 1. The Morgan fingerprint density at radius 1 is 1.33 bits per heavy atom. The number of halogens is 1. The average Bonchev–Trinajstić information content (AvgIpc) is 2.97. The maximum absolute atomic E-state index is 12.8. The number of aryl methyl sites for hydroxylation is 1. The number of nitrogens with zero attached hydrogens (tertiary/aromatic N) is 4. The minimum Gasteiger partial charge on any atom is -0.333 e. The number of imide groups is 1. The van der Waals surface area contributed by atoms with Crippen molar-refractivity contribution in [2.75, 3.05) is 18.8 Å². The Kier molecular flexibility index (Phi) is 3.65. The van der Waals surface area contributed by atoms with Gasteiger partial charge in [0.05, 0.1) is 17.3 Å². The number of rotatable bonds is 2. The number of hydrogen-bond acceptors (Lipinski definition) is 5. The van der Waals surface area contributed by atoms with Crippen LogP contribution in [0.1, 0.15) is 10.5 Å². The third-order valence-electron chi connectivity index (χ3n) is 4.30. The van der Waals surface area contributed by atoms with Gasteiger partial charge in [0.1, 0.15) is 5.69 Å². The van der Waals surface area contributed by atoms with Crippen LogP contribution in [0.4, 0.5) is 4.79 Å². The maximum atomic E-state index is 12.8. The van der Waals surface area contributed by atoms with Crippen molar-refractivity contribution in [1.29, 1.82) is 0 Å². The molecule has 3 amide bonds. The van der Waals surface area contributed by atoms with Gasteiger partial charge in [0.2, 0.25) is 5.91 Å². The van der Waals surface area contributed by atoms with Crippen LogP contribution in [-0.4, -0.2) is 61.5 Å². The number of hydrogen-bond donors (Lipinski definition) is 0. The zero-order valence-corrected chi connectivity index (χ0v) is 15.1. The molecular formula is C15H13BrN4O3S. The Hall–Kier alpha value is -1.87. The van der Waals surface area contributed by atoms with Crippen LogP contribution in [0.5, 0.6) is 0 Å². The second-order valence-electron chi connectivity index (χ2n) is 5.82. The molecule has 0 N–H and O–H groups in total. The number of thioether (sulfide) groups is 1. The molecule has 0 saturated carbocycles. The average molecular weight is 409 g/mol. The standard InChI is InChI=1S/C15H13BrN4O3S/c1-18-13(10-3-2-8(16)4-11(10)17-18)14(22)19-5-9(6-19)20-12(21)7-24-15(20)23/h2-4,9H,5-7H2,1H3. The Labute approximate surface area is 150 Å². The predicted molar refractivity (Wildman–Crippen MR) is 92.8 cm³/mol. The smallest absolute Gasteiger partial charge is 0.289 e. The lowest BCUT2D eigenvalue weighted by Gasteiger charge is -2.42. The number of amides is 3. The fraction of sp³-hybridized carbons (Fsp3) is 0.333. The van der Waals surface area contributed by atoms with E-state index in [2.05, 4.69) is 21.0 Å². The highest BCUT2D eigenvalue weighted by molar-refractivity contribution is 9.10. The summed E-state index contributed by atoms with van der Waals surface area (Å²) in [6.07, 6.45) is 0. The molecule has 2 aliphatic heterocycles. The first kappa shape index (κ1) is 15.6. The van der Waals surface area contributed by atoms with Crippen LogP contribution in [0.2, 0.25) is 0 Å². The number of aromatic nitrogens is 2. The van der Waals surface area contributed by atoms with Crippen molar-refractivity contribution in [2.24, 2.45) is 7.05 Å². The van der Waals surface area contributed by atoms with Crippen molar-refractivity contribution in [1.82, 2.24) is 19.6 Å². The molecule has 0 radical (unpaired) electrons. The molecule has 2 aliphatic rings. The molecule has 0 unspecified atom stereocenters. The van der Waals surface area contributed by atoms with Gasteiger partial charge in [-0.05, 0) is 18.2 Å². The van der Waals surface area contributed by atoms with Crippen molar-refractivity contribution < 1.29 is 14.4 Å². The Bertz CT molecular complexity index is 874. The first-order chi connectivity index (χ1) is 11.5. The second-order valence-corrected chi connectivity index (χ2v) is 7.66. The van der Waals surface area contributed by atoms with Crippen LogP contribution in [-0.2, 0) is 11.8 Å². The number of carbonyl (C=O) groups excluding carboxylic acids is 3. The Morgan fingerprint density at radius 2 is 2.08 bits per heavy atom. The van der Waals surface area contributed by atoms with Crippen molar-refractivity contribution in [2.45, 2.75) is 6.04 Å². The van der Waals surface area contributed by atoms with Crippen LogP contribution in [0.25, 0.3) is 10.9 Å². The summed E-state index contributed by atoms with van der Waals surface area (Å²) in [5.74, 6) is -0.104. The molecule has 2 saturated heterocycles. The van der Waals surface area contributed by atoms with Crippen molar-refractivity contribution >= 4 is 55.6 Å². The molecule has 7 nitrogen and oxygen atoms in total. The van der Waals surface area contributed by atoms with Crippen LogP contribution in [0, 0.1) is 0 Å². The quantitative estimate of drug-likeness (QED) is 0.757. The van der Waals surface area contributed by atoms with E-state index in [1.165, 1.54) is 4.90 Å². The van der Waals surface area contributed by atoms with Crippen LogP contribution in [0.3, 0.4) is 0 Å². The normalized spacial score (nSPS) is 18.6. The van der Waals surface area contributed by atoms with E-state index in [1.807, 2.05) is 18.2 Å². The highest BCUT2D eigenvalue weighted by atomic mass is 79.9. The van der Waals surface area contributed by atoms with E-state index < -0.39 is 0 Å². The van der Waals surface area contributed by atoms with Gasteiger partial charge in [-0.3, -0.25) is 24.0 Å². The van der Waals surface area contributed by atoms with Gasteiger partial charge in [-0.25, -0.2) is 0 Å². The summed E-state index contributed by atoms with van der Waals surface area (Å²) in [6, 6.07) is 5.39. The minimum absolute atomic E-state index is 0.134. The van der Waals surface area contributed by atoms with E-state index in [0.29, 0.717) is 18.8 Å². The number of likely N-dealkylation sites (tertiary alicyclic amines) is 1. The molecule has 1 aromatic carbocycles. The molecule has 4 rings (SSSR count). The highest BCUT2D eigenvalue weighted by Crippen LogP contribution is 2.29. The van der Waals surface area contributed by atoms with Crippen LogP contribution >= 0.6 is 27.7 Å². The third kappa shape index (κ3) is 2.34. The first-order valence-corrected chi connectivity index (χ1v) is 9.14. The Balaban J connectivity index is 1.55. The third-order valence-corrected chi connectivity index (χ3v) is 5.63. The fourth-order valence-corrected chi connectivity index (χ4v) is 4.20. The summed E-state index contributed by atoms with van der Waals surface area (Å²) in [4.78, 5) is 39.2. The van der Waals surface area contributed by atoms with E-state index >= 15 is 0 Å². The topological polar surface area (TPSA) is 75.5 Å². The van der Waals surface area contributed by atoms with Gasteiger partial charge in [0.25, 0.3) is 11.1 Å². The van der Waals surface area contributed by atoms with Crippen molar-refractivity contribution in [3.05, 3.63) is 28.4 Å². The zero-order valence-electron chi connectivity index (χ0n) is 12.7. The van der Waals surface area contributed by atoms with Crippen molar-refractivity contribution in [3.63, 3.8) is 0 Å². The highest BCUT2D eigenvalue weighted by Gasteiger charge is 2.44. The summed E-state index contributed by atoms with van der Waals surface area (Å²) in [5, 5.41) is 4.95. The zero-order chi connectivity index (χ0) is 17.0. The van der Waals surface area contributed by atoms with E-state index in [9.17, 15) is 14.4 Å². The monoisotopic (exact) mass is 408 g/mol. The van der Waals surface area contributed by atoms with Gasteiger partial charge in [0, 0.05) is 30.0 Å². The lowest BCUT2D eigenvalue weighted by atomic mass is 10.1. The van der Waals surface area contributed by atoms with E-state index in [1.54, 1.807) is 16.6 Å². The van der Waals surface area contributed by atoms with Crippen LogP contribution < -0.4 is 0 Å². The van der Waals surface area contributed by atoms with Gasteiger partial charge in [-0.1, -0.05) is 27.7 Å². The van der Waals surface area contributed by atoms with E-state index in [-0.39, 0.29) is 28.8 Å². The SMILES string of the molecule is Cn1nc2cc(Br)ccc2c1C(=O)N1CC(N2C(=O)CSC2=O)C1. The molecule has 0 spiro atoms. The molecule has 0 atom stereocenters. The fourth-order valence-electron chi connectivity index (χ4n) is 3.08. The van der Waals surface area contributed by atoms with Gasteiger partial charge < -0.3 is 4.90 Å². The molecule has 1 aromatic heterocycles.